The molecule has 1 N–H and O–H groups in total. The lowest BCUT2D eigenvalue weighted by molar-refractivity contribution is -0.116. The minimum absolute atomic E-state index is 0.0643. The molecule has 0 saturated carbocycles. The van der Waals surface area contributed by atoms with Crippen molar-refractivity contribution in [1.82, 2.24) is 20.2 Å². The molecular formula is C13H16BrN5O. The Kier molecular flexibility index (Phi) is 4.49. The summed E-state index contributed by atoms with van der Waals surface area (Å²) in [5.41, 5.74) is 1.52. The minimum atomic E-state index is -0.221. The molecule has 2 aromatic rings. The maximum atomic E-state index is 12.0. The van der Waals surface area contributed by atoms with Crippen LogP contribution in [0, 0.1) is 12.8 Å². The van der Waals surface area contributed by atoms with Crippen molar-refractivity contribution in [1.29, 1.82) is 0 Å². The highest BCUT2D eigenvalue weighted by Gasteiger charge is 2.18. The summed E-state index contributed by atoms with van der Waals surface area (Å²) in [5.74, 6) is 0.847. The Bertz CT molecular complexity index is 610. The number of aryl methyl sites for hydroxylation is 1. The number of nitrogens with one attached hydrogen (secondary N) is 1. The molecule has 0 radical (unpaired) electrons. The van der Waals surface area contributed by atoms with E-state index in [1.165, 1.54) is 0 Å². The highest BCUT2D eigenvalue weighted by atomic mass is 79.9. The number of alkyl halides is 1. The molecule has 0 aliphatic rings. The third-order valence-corrected chi connectivity index (χ3v) is 4.29. The lowest BCUT2D eigenvalue weighted by Crippen LogP contribution is -2.27. The van der Waals surface area contributed by atoms with Crippen molar-refractivity contribution < 1.29 is 4.79 Å². The predicted octanol–water partition coefficient (Wildman–Crippen LogP) is 2.33. The van der Waals surface area contributed by atoms with Gasteiger partial charge >= 0.3 is 0 Å². The SMILES string of the molecule is Cc1nnnn1-c1cccc(NC(=O)C(Br)C(C)C)c1. The lowest BCUT2D eigenvalue weighted by atomic mass is 10.1. The van der Waals surface area contributed by atoms with E-state index in [-0.39, 0.29) is 16.7 Å². The van der Waals surface area contributed by atoms with Crippen LogP contribution in [-0.2, 0) is 4.79 Å². The molecule has 0 saturated heterocycles. The molecule has 0 spiro atoms. The first kappa shape index (κ1) is 14.6. The molecule has 1 unspecified atom stereocenters. The summed E-state index contributed by atoms with van der Waals surface area (Å²) in [6.07, 6.45) is 0. The average molecular weight is 338 g/mol. The number of hydrogen-bond acceptors (Lipinski definition) is 4. The van der Waals surface area contributed by atoms with Crippen molar-refractivity contribution in [2.24, 2.45) is 5.92 Å². The second-order valence-corrected chi connectivity index (χ2v) is 5.81. The van der Waals surface area contributed by atoms with Crippen LogP contribution in [0.3, 0.4) is 0 Å². The Balaban J connectivity index is 2.19. The highest BCUT2D eigenvalue weighted by Crippen LogP contribution is 2.18. The largest absolute Gasteiger partial charge is 0.325 e. The van der Waals surface area contributed by atoms with Crippen molar-refractivity contribution in [2.75, 3.05) is 5.32 Å². The maximum Gasteiger partial charge on any atom is 0.238 e. The zero-order chi connectivity index (χ0) is 14.7. The molecule has 0 aliphatic heterocycles. The van der Waals surface area contributed by atoms with Gasteiger partial charge in [-0.05, 0) is 41.5 Å². The highest BCUT2D eigenvalue weighted by molar-refractivity contribution is 9.10. The van der Waals surface area contributed by atoms with Gasteiger partial charge in [-0.2, -0.15) is 4.68 Å². The number of benzene rings is 1. The van der Waals surface area contributed by atoms with Crippen LogP contribution in [0.1, 0.15) is 19.7 Å². The molecule has 106 valence electrons. The van der Waals surface area contributed by atoms with Crippen molar-refractivity contribution in [3.8, 4) is 5.69 Å². The fraction of sp³-hybridized carbons (Fsp3) is 0.385. The van der Waals surface area contributed by atoms with Crippen LogP contribution in [0.15, 0.2) is 24.3 Å². The number of hydrogen-bond donors (Lipinski definition) is 1. The quantitative estimate of drug-likeness (QED) is 0.869. The van der Waals surface area contributed by atoms with Gasteiger partial charge in [0.1, 0.15) is 0 Å². The lowest BCUT2D eigenvalue weighted by Gasteiger charge is -2.14. The van der Waals surface area contributed by atoms with E-state index in [1.807, 2.05) is 45.0 Å². The molecule has 0 fully saturated rings. The monoisotopic (exact) mass is 337 g/mol. The zero-order valence-corrected chi connectivity index (χ0v) is 13.1. The molecule has 1 amide bonds. The number of nitrogens with zero attached hydrogens (tertiary/aromatic N) is 4. The standard InChI is InChI=1S/C13H16BrN5O/c1-8(2)12(14)13(20)15-10-5-4-6-11(7-10)19-9(3)16-17-18-19/h4-8,12H,1-3H3,(H,15,20). The number of tetrazole rings is 1. The predicted molar refractivity (Wildman–Crippen MR) is 80.1 cm³/mol. The number of carbonyl (C=O) groups excluding carboxylic acids is 1. The number of carbonyl (C=O) groups is 1. The Morgan fingerprint density at radius 1 is 1.40 bits per heavy atom. The topological polar surface area (TPSA) is 72.7 Å². The van der Waals surface area contributed by atoms with Gasteiger partial charge in [0.15, 0.2) is 5.82 Å². The zero-order valence-electron chi connectivity index (χ0n) is 11.5. The Morgan fingerprint density at radius 2 is 2.15 bits per heavy atom. The fourth-order valence-electron chi connectivity index (χ4n) is 1.70. The van der Waals surface area contributed by atoms with Crippen molar-refractivity contribution in [3.05, 3.63) is 30.1 Å². The van der Waals surface area contributed by atoms with Crippen molar-refractivity contribution >= 4 is 27.5 Å². The molecule has 20 heavy (non-hydrogen) atoms. The van der Waals surface area contributed by atoms with Gasteiger partial charge in [-0.3, -0.25) is 4.79 Å². The van der Waals surface area contributed by atoms with Gasteiger partial charge in [0, 0.05) is 5.69 Å². The van der Waals surface area contributed by atoms with Crippen molar-refractivity contribution in [3.63, 3.8) is 0 Å². The van der Waals surface area contributed by atoms with Gasteiger partial charge in [0.2, 0.25) is 5.91 Å². The molecule has 0 aliphatic carbocycles. The first-order valence-corrected chi connectivity index (χ1v) is 7.21. The number of rotatable bonds is 4. The second-order valence-electron chi connectivity index (χ2n) is 4.82. The third kappa shape index (κ3) is 3.22. The van der Waals surface area contributed by atoms with Crippen LogP contribution in [0.5, 0.6) is 0 Å². The summed E-state index contributed by atoms with van der Waals surface area (Å²) in [6, 6.07) is 7.40. The first-order chi connectivity index (χ1) is 9.49. The molecule has 1 heterocycles. The van der Waals surface area contributed by atoms with Crippen LogP contribution in [0.4, 0.5) is 5.69 Å². The normalized spacial score (nSPS) is 12.4. The minimum Gasteiger partial charge on any atom is -0.325 e. The number of halogens is 1. The average Bonchev–Trinajstić information content (AvgIpc) is 2.84. The van der Waals surface area contributed by atoms with Crippen LogP contribution < -0.4 is 5.32 Å². The summed E-state index contributed by atoms with van der Waals surface area (Å²) >= 11 is 3.38. The molecule has 6 nitrogen and oxygen atoms in total. The molecule has 1 atom stereocenters. The Hall–Kier alpha value is -1.76. The molecule has 1 aromatic carbocycles. The first-order valence-electron chi connectivity index (χ1n) is 6.29. The maximum absolute atomic E-state index is 12.0. The van der Waals surface area contributed by atoms with Crippen LogP contribution in [-0.4, -0.2) is 30.9 Å². The van der Waals surface area contributed by atoms with Gasteiger partial charge in [-0.1, -0.05) is 35.8 Å². The summed E-state index contributed by atoms with van der Waals surface area (Å²) < 4.78 is 1.61. The van der Waals surface area contributed by atoms with Gasteiger partial charge < -0.3 is 5.32 Å². The summed E-state index contributed by atoms with van der Waals surface area (Å²) in [6.45, 7) is 5.79. The second kappa shape index (κ2) is 6.13. The van der Waals surface area contributed by atoms with E-state index in [0.717, 1.165) is 5.69 Å². The Morgan fingerprint density at radius 3 is 2.75 bits per heavy atom. The van der Waals surface area contributed by atoms with Crippen LogP contribution in [0.2, 0.25) is 0 Å². The van der Waals surface area contributed by atoms with E-state index in [9.17, 15) is 4.79 Å². The van der Waals surface area contributed by atoms with E-state index < -0.39 is 0 Å². The van der Waals surface area contributed by atoms with Gasteiger partial charge in [0.05, 0.1) is 10.5 Å². The van der Waals surface area contributed by atoms with Crippen LogP contribution in [0.25, 0.3) is 5.69 Å². The van der Waals surface area contributed by atoms with E-state index in [1.54, 1.807) is 4.68 Å². The van der Waals surface area contributed by atoms with Gasteiger partial charge in [-0.15, -0.1) is 5.10 Å². The Labute approximate surface area is 125 Å². The third-order valence-electron chi connectivity index (χ3n) is 2.82. The summed E-state index contributed by atoms with van der Waals surface area (Å²) in [5, 5.41) is 14.2. The fourth-order valence-corrected chi connectivity index (χ4v) is 1.81. The van der Waals surface area contributed by atoms with Crippen LogP contribution >= 0.6 is 15.9 Å². The molecular weight excluding hydrogens is 322 g/mol. The number of anilines is 1. The van der Waals surface area contributed by atoms with Crippen molar-refractivity contribution in [2.45, 2.75) is 25.6 Å². The van der Waals surface area contributed by atoms with E-state index in [2.05, 4.69) is 36.8 Å². The van der Waals surface area contributed by atoms with E-state index >= 15 is 0 Å². The molecule has 2 rings (SSSR count). The number of amides is 1. The molecule has 1 aromatic heterocycles. The number of aromatic nitrogens is 4. The summed E-state index contributed by atoms with van der Waals surface area (Å²) in [7, 11) is 0. The van der Waals surface area contributed by atoms with E-state index in [0.29, 0.717) is 11.5 Å². The van der Waals surface area contributed by atoms with E-state index in [4.69, 9.17) is 0 Å². The van der Waals surface area contributed by atoms with Gasteiger partial charge in [0.25, 0.3) is 0 Å². The summed E-state index contributed by atoms with van der Waals surface area (Å²) in [4.78, 5) is 11.8. The molecule has 0 bridgehead atoms. The molecule has 7 heteroatoms. The smallest absolute Gasteiger partial charge is 0.238 e. The van der Waals surface area contributed by atoms with Gasteiger partial charge in [-0.25, -0.2) is 0 Å².